The molecule has 0 aliphatic heterocycles. The third kappa shape index (κ3) is 4.20. The van der Waals surface area contributed by atoms with Crippen LogP contribution in [0, 0.1) is 11.3 Å². The number of nitrogens with zero attached hydrogens (tertiary/aromatic N) is 4. The Morgan fingerprint density at radius 2 is 1.60 bits per heavy atom. The van der Waals surface area contributed by atoms with E-state index in [1.807, 2.05) is 54.6 Å². The summed E-state index contributed by atoms with van der Waals surface area (Å²) in [6, 6.07) is 17.0. The summed E-state index contributed by atoms with van der Waals surface area (Å²) in [5.74, 6) is 0.136. The molecular formula is C18H15N5O2. The van der Waals surface area contributed by atoms with Crippen molar-refractivity contribution in [2.24, 2.45) is 0 Å². The fourth-order valence-electron chi connectivity index (χ4n) is 2.09. The van der Waals surface area contributed by atoms with E-state index in [4.69, 9.17) is 15.2 Å². The number of hydrogen-bond donors (Lipinski definition) is 1. The van der Waals surface area contributed by atoms with Gasteiger partial charge in [-0.25, -0.2) is 0 Å². The number of hydrogen-bond acceptors (Lipinski definition) is 7. The third-order valence-electron chi connectivity index (χ3n) is 3.27. The van der Waals surface area contributed by atoms with Crippen molar-refractivity contribution < 1.29 is 9.47 Å². The summed E-state index contributed by atoms with van der Waals surface area (Å²) in [6.45, 7) is 0.412. The Balaban J connectivity index is 1.79. The Morgan fingerprint density at radius 1 is 0.920 bits per heavy atom. The van der Waals surface area contributed by atoms with E-state index in [2.05, 4.69) is 15.0 Å². The first kappa shape index (κ1) is 16.2. The van der Waals surface area contributed by atoms with Crippen molar-refractivity contribution in [1.29, 1.82) is 5.26 Å². The molecule has 0 saturated carbocycles. The molecule has 0 fully saturated rings. The van der Waals surface area contributed by atoms with Crippen molar-refractivity contribution in [2.75, 3.05) is 5.73 Å². The Morgan fingerprint density at radius 3 is 2.24 bits per heavy atom. The van der Waals surface area contributed by atoms with Crippen molar-refractivity contribution in [3.05, 3.63) is 71.5 Å². The van der Waals surface area contributed by atoms with Gasteiger partial charge in [0.15, 0.2) is 5.56 Å². The molecule has 0 aliphatic carbocycles. The standard InChI is InChI=1S/C18H15N5O2/c19-10-15-16(24-11-13-6-2-1-3-7-13)22-18(20)23-17(15)25-12-14-8-4-5-9-21-14/h1-9H,11-12H2,(H2,20,22,23). The van der Waals surface area contributed by atoms with Crippen LogP contribution in [0.25, 0.3) is 0 Å². The van der Waals surface area contributed by atoms with E-state index in [1.54, 1.807) is 6.20 Å². The zero-order valence-electron chi connectivity index (χ0n) is 13.3. The third-order valence-corrected chi connectivity index (χ3v) is 3.27. The molecule has 0 saturated heterocycles. The summed E-state index contributed by atoms with van der Waals surface area (Å²) in [6.07, 6.45) is 1.66. The summed E-state index contributed by atoms with van der Waals surface area (Å²) in [7, 11) is 0. The minimum Gasteiger partial charge on any atom is -0.472 e. The van der Waals surface area contributed by atoms with Crippen molar-refractivity contribution >= 4 is 5.95 Å². The van der Waals surface area contributed by atoms with Crippen LogP contribution in [0.3, 0.4) is 0 Å². The highest BCUT2D eigenvalue weighted by Gasteiger charge is 2.16. The van der Waals surface area contributed by atoms with E-state index >= 15 is 0 Å². The maximum Gasteiger partial charge on any atom is 0.241 e. The van der Waals surface area contributed by atoms with Gasteiger partial charge < -0.3 is 15.2 Å². The molecule has 0 atom stereocenters. The van der Waals surface area contributed by atoms with Gasteiger partial charge >= 0.3 is 0 Å². The summed E-state index contributed by atoms with van der Waals surface area (Å²) >= 11 is 0. The Kier molecular flexibility index (Phi) is 5.02. The Hall–Kier alpha value is -3.66. The van der Waals surface area contributed by atoms with E-state index in [-0.39, 0.29) is 36.5 Å². The molecule has 0 aliphatic rings. The fraction of sp³-hybridized carbons (Fsp3) is 0.111. The highest BCUT2D eigenvalue weighted by Crippen LogP contribution is 2.26. The van der Waals surface area contributed by atoms with Gasteiger partial charge in [-0.15, -0.1) is 0 Å². The molecule has 2 heterocycles. The second-order valence-corrected chi connectivity index (χ2v) is 5.06. The van der Waals surface area contributed by atoms with Crippen LogP contribution in [0.15, 0.2) is 54.7 Å². The predicted molar refractivity (Wildman–Crippen MR) is 90.5 cm³/mol. The SMILES string of the molecule is N#Cc1c(OCc2ccccc2)nc(N)nc1OCc1ccccn1. The molecule has 0 radical (unpaired) electrons. The molecule has 2 N–H and O–H groups in total. The Labute approximate surface area is 144 Å². The monoisotopic (exact) mass is 333 g/mol. The van der Waals surface area contributed by atoms with Crippen molar-refractivity contribution in [1.82, 2.24) is 15.0 Å². The lowest BCUT2D eigenvalue weighted by atomic mass is 10.2. The largest absolute Gasteiger partial charge is 0.472 e. The lowest BCUT2D eigenvalue weighted by Gasteiger charge is -2.11. The van der Waals surface area contributed by atoms with Crippen molar-refractivity contribution in [3.8, 4) is 17.8 Å². The van der Waals surface area contributed by atoms with Crippen LogP contribution >= 0.6 is 0 Å². The minimum atomic E-state index is -0.0296. The van der Waals surface area contributed by atoms with E-state index < -0.39 is 0 Å². The molecule has 0 spiro atoms. The summed E-state index contributed by atoms with van der Waals surface area (Å²) in [4.78, 5) is 12.1. The number of pyridine rings is 1. The maximum atomic E-state index is 9.44. The highest BCUT2D eigenvalue weighted by molar-refractivity contribution is 5.48. The minimum absolute atomic E-state index is 0.0296. The van der Waals surface area contributed by atoms with Gasteiger partial charge in [0.05, 0.1) is 5.69 Å². The Bertz CT molecular complexity index is 814. The van der Waals surface area contributed by atoms with Crippen LogP contribution in [-0.2, 0) is 13.2 Å². The zero-order chi connectivity index (χ0) is 17.5. The number of benzene rings is 1. The second kappa shape index (κ2) is 7.75. The number of nitrogen functional groups attached to an aromatic ring is 1. The molecule has 1 aromatic carbocycles. The van der Waals surface area contributed by atoms with Gasteiger partial charge in [-0.2, -0.15) is 15.2 Å². The molecule has 3 rings (SSSR count). The lowest BCUT2D eigenvalue weighted by molar-refractivity contribution is 0.270. The van der Waals surface area contributed by atoms with E-state index in [0.717, 1.165) is 5.56 Å². The van der Waals surface area contributed by atoms with Crippen molar-refractivity contribution in [3.63, 3.8) is 0 Å². The van der Waals surface area contributed by atoms with Gasteiger partial charge in [0, 0.05) is 6.20 Å². The topological polar surface area (TPSA) is 107 Å². The van der Waals surface area contributed by atoms with Crippen LogP contribution in [0.5, 0.6) is 11.8 Å². The molecule has 124 valence electrons. The number of rotatable bonds is 6. The molecule has 25 heavy (non-hydrogen) atoms. The first-order valence-electron chi connectivity index (χ1n) is 7.53. The highest BCUT2D eigenvalue weighted by atomic mass is 16.5. The van der Waals surface area contributed by atoms with Gasteiger partial charge in [0.1, 0.15) is 19.3 Å². The van der Waals surface area contributed by atoms with E-state index in [1.165, 1.54) is 0 Å². The van der Waals surface area contributed by atoms with Gasteiger partial charge in [-0.3, -0.25) is 4.98 Å². The van der Waals surface area contributed by atoms with Gasteiger partial charge in [-0.1, -0.05) is 36.4 Å². The smallest absolute Gasteiger partial charge is 0.241 e. The quantitative estimate of drug-likeness (QED) is 0.738. The van der Waals surface area contributed by atoms with Crippen LogP contribution in [0.4, 0.5) is 5.95 Å². The zero-order valence-corrected chi connectivity index (χ0v) is 13.3. The maximum absolute atomic E-state index is 9.44. The van der Waals surface area contributed by atoms with Crippen LogP contribution in [0.2, 0.25) is 0 Å². The number of ether oxygens (including phenoxy) is 2. The molecule has 7 heteroatoms. The number of anilines is 1. The van der Waals surface area contributed by atoms with Crippen LogP contribution < -0.4 is 15.2 Å². The fourth-order valence-corrected chi connectivity index (χ4v) is 2.09. The molecule has 7 nitrogen and oxygen atoms in total. The molecule has 2 aromatic heterocycles. The van der Waals surface area contributed by atoms with Gasteiger partial charge in [0.25, 0.3) is 0 Å². The molecular weight excluding hydrogens is 318 g/mol. The normalized spacial score (nSPS) is 10.0. The van der Waals surface area contributed by atoms with Gasteiger partial charge in [-0.05, 0) is 17.7 Å². The molecule has 0 amide bonds. The van der Waals surface area contributed by atoms with Crippen molar-refractivity contribution in [2.45, 2.75) is 13.2 Å². The average Bonchev–Trinajstić information content (AvgIpc) is 2.66. The van der Waals surface area contributed by atoms with Crippen LogP contribution in [-0.4, -0.2) is 15.0 Å². The van der Waals surface area contributed by atoms with Crippen LogP contribution in [0.1, 0.15) is 16.8 Å². The van der Waals surface area contributed by atoms with E-state index in [9.17, 15) is 5.26 Å². The molecule has 0 unspecified atom stereocenters. The molecule has 0 bridgehead atoms. The summed E-state index contributed by atoms with van der Waals surface area (Å²) in [5, 5.41) is 9.44. The first-order chi connectivity index (χ1) is 12.3. The first-order valence-corrected chi connectivity index (χ1v) is 7.53. The number of nitrogens with two attached hydrogens (primary N) is 1. The summed E-state index contributed by atoms with van der Waals surface area (Å²) < 4.78 is 11.2. The number of nitriles is 1. The van der Waals surface area contributed by atoms with Gasteiger partial charge in [0.2, 0.25) is 17.7 Å². The lowest BCUT2D eigenvalue weighted by Crippen LogP contribution is -2.08. The second-order valence-electron chi connectivity index (χ2n) is 5.06. The van der Waals surface area contributed by atoms with E-state index in [0.29, 0.717) is 5.69 Å². The number of aromatic nitrogens is 3. The average molecular weight is 333 g/mol. The summed E-state index contributed by atoms with van der Waals surface area (Å²) in [5.41, 5.74) is 7.46. The predicted octanol–water partition coefficient (Wildman–Crippen LogP) is 2.48. The molecule has 3 aromatic rings.